The molecule has 1 aromatic heterocycles. The smallest absolute Gasteiger partial charge is 0.344 e. The third kappa shape index (κ3) is 4.28. The average Bonchev–Trinajstić information content (AvgIpc) is 3.18. The molecular weight excluding hydrogens is 444 g/mol. The van der Waals surface area contributed by atoms with Crippen LogP contribution in [0.15, 0.2) is 64.2 Å². The van der Waals surface area contributed by atoms with Crippen LogP contribution in [0.5, 0.6) is 5.75 Å². The second-order valence-corrected chi connectivity index (χ2v) is 7.68. The number of aliphatic carboxylic acids is 1. The van der Waals surface area contributed by atoms with E-state index in [4.69, 9.17) is 9.84 Å². The number of ketones is 1. The molecule has 1 heterocycles. The molecule has 0 amide bonds. The molecule has 1 atom stereocenters. The molecule has 0 saturated heterocycles. The maximum absolute atomic E-state index is 13.1. The van der Waals surface area contributed by atoms with Crippen LogP contribution in [0.4, 0.5) is 0 Å². The van der Waals surface area contributed by atoms with Gasteiger partial charge in [-0.3, -0.25) is 4.79 Å². The zero-order valence-electron chi connectivity index (χ0n) is 15.1. The summed E-state index contributed by atoms with van der Waals surface area (Å²) in [5.41, 5.74) is 1.52. The van der Waals surface area contributed by atoms with E-state index in [0.717, 1.165) is 10.6 Å². The van der Waals surface area contributed by atoms with Gasteiger partial charge in [-0.25, -0.2) is 9.48 Å². The van der Waals surface area contributed by atoms with Gasteiger partial charge in [0.25, 0.3) is 0 Å². The number of benzene rings is 2. The number of aromatic nitrogens is 2. The first kappa shape index (κ1) is 20.2. The highest BCUT2D eigenvalue weighted by atomic mass is 79.9. The number of thioether (sulfide) groups is 1. The first-order valence-electron chi connectivity index (χ1n) is 8.32. The van der Waals surface area contributed by atoms with E-state index in [-0.39, 0.29) is 17.1 Å². The zero-order valence-corrected chi connectivity index (χ0v) is 17.5. The summed E-state index contributed by atoms with van der Waals surface area (Å²) in [7, 11) is 0. The van der Waals surface area contributed by atoms with Gasteiger partial charge in [0, 0.05) is 15.6 Å². The summed E-state index contributed by atoms with van der Waals surface area (Å²) in [6.07, 6.45) is 4.04. The average molecular weight is 461 g/mol. The number of carboxylic acid groups (broad SMARTS) is 1. The molecule has 8 heteroatoms. The molecular formula is C20H17BrN2O4S. The Balaban J connectivity index is 1.96. The summed E-state index contributed by atoms with van der Waals surface area (Å²) in [6.45, 7) is 1.41. The summed E-state index contributed by atoms with van der Waals surface area (Å²) in [6, 6.07) is 12.6. The van der Waals surface area contributed by atoms with Crippen LogP contribution >= 0.6 is 27.7 Å². The Hall–Kier alpha value is -2.58. The molecule has 2 aromatic carbocycles. The molecule has 0 bridgehead atoms. The predicted molar refractivity (Wildman–Crippen MR) is 111 cm³/mol. The number of carboxylic acids is 1. The van der Waals surface area contributed by atoms with E-state index in [1.165, 1.54) is 13.1 Å². The van der Waals surface area contributed by atoms with Gasteiger partial charge < -0.3 is 9.84 Å². The molecule has 0 spiro atoms. The Morgan fingerprint density at radius 2 is 2.00 bits per heavy atom. The fourth-order valence-electron chi connectivity index (χ4n) is 2.57. The first-order valence-corrected chi connectivity index (χ1v) is 10.3. The second-order valence-electron chi connectivity index (χ2n) is 5.91. The Morgan fingerprint density at radius 3 is 2.71 bits per heavy atom. The maximum Gasteiger partial charge on any atom is 0.344 e. The quantitative estimate of drug-likeness (QED) is 0.414. The fraction of sp³-hybridized carbons (Fsp3) is 0.150. The van der Waals surface area contributed by atoms with Gasteiger partial charge in [-0.15, -0.1) is 11.8 Å². The highest BCUT2D eigenvalue weighted by Crippen LogP contribution is 2.28. The van der Waals surface area contributed by atoms with Crippen LogP contribution in [0.25, 0.3) is 5.69 Å². The molecule has 0 aliphatic heterocycles. The highest BCUT2D eigenvalue weighted by molar-refractivity contribution is 9.10. The number of carbonyl (C=O) groups excluding carboxylic acids is 1. The second kappa shape index (κ2) is 8.62. The Morgan fingerprint density at radius 1 is 1.25 bits per heavy atom. The van der Waals surface area contributed by atoms with Gasteiger partial charge >= 0.3 is 5.97 Å². The minimum Gasteiger partial charge on any atom is -0.479 e. The van der Waals surface area contributed by atoms with Crippen molar-refractivity contribution in [3.63, 3.8) is 0 Å². The lowest BCUT2D eigenvalue weighted by molar-refractivity contribution is -0.144. The maximum atomic E-state index is 13.1. The van der Waals surface area contributed by atoms with Crippen LogP contribution in [-0.2, 0) is 4.79 Å². The molecule has 28 heavy (non-hydrogen) atoms. The van der Waals surface area contributed by atoms with Crippen LogP contribution < -0.4 is 4.74 Å². The van der Waals surface area contributed by atoms with Gasteiger partial charge in [-0.05, 0) is 43.5 Å². The summed E-state index contributed by atoms with van der Waals surface area (Å²) < 4.78 is 7.80. The summed E-state index contributed by atoms with van der Waals surface area (Å²) in [5, 5.41) is 13.4. The van der Waals surface area contributed by atoms with Gasteiger partial charge in [0.15, 0.2) is 11.9 Å². The van der Waals surface area contributed by atoms with E-state index in [0.29, 0.717) is 10.0 Å². The van der Waals surface area contributed by atoms with Gasteiger partial charge in [0.05, 0.1) is 23.0 Å². The number of rotatable bonds is 7. The molecule has 6 nitrogen and oxygen atoms in total. The Kier molecular flexibility index (Phi) is 6.21. The standard InChI is InChI=1S/C20H17BrN2O4S/c1-12(20(25)26)27-17-8-7-14(21)9-15(17)19(24)13-10-22-23(11-13)16-5-3-4-6-18(16)28-2/h3-12H,1-2H3,(H,25,26). The third-order valence-electron chi connectivity index (χ3n) is 4.01. The molecule has 3 rings (SSSR count). The number of carbonyl (C=O) groups is 2. The van der Waals surface area contributed by atoms with E-state index < -0.39 is 12.1 Å². The van der Waals surface area contributed by atoms with Crippen molar-refractivity contribution in [1.82, 2.24) is 9.78 Å². The van der Waals surface area contributed by atoms with Gasteiger partial charge in [0.2, 0.25) is 0 Å². The van der Waals surface area contributed by atoms with Crippen LogP contribution in [0.1, 0.15) is 22.8 Å². The largest absolute Gasteiger partial charge is 0.479 e. The van der Waals surface area contributed by atoms with Crippen LogP contribution in [0, 0.1) is 0 Å². The SMILES string of the molecule is CSc1ccccc1-n1cc(C(=O)c2cc(Br)ccc2OC(C)C(=O)O)cn1. The highest BCUT2D eigenvalue weighted by Gasteiger charge is 2.21. The number of hydrogen-bond acceptors (Lipinski definition) is 5. The van der Waals surface area contributed by atoms with Crippen molar-refractivity contribution in [2.45, 2.75) is 17.9 Å². The lowest BCUT2D eigenvalue weighted by atomic mass is 10.1. The van der Waals surface area contributed by atoms with Crippen molar-refractivity contribution in [1.29, 1.82) is 0 Å². The molecule has 1 N–H and O–H groups in total. The summed E-state index contributed by atoms with van der Waals surface area (Å²) in [5.74, 6) is -1.20. The molecule has 0 radical (unpaired) electrons. The number of para-hydroxylation sites is 1. The van der Waals surface area contributed by atoms with Gasteiger partial charge in [-0.2, -0.15) is 5.10 Å². The fourth-order valence-corrected chi connectivity index (χ4v) is 3.52. The van der Waals surface area contributed by atoms with Gasteiger partial charge in [-0.1, -0.05) is 28.1 Å². The number of nitrogens with zero attached hydrogens (tertiary/aromatic N) is 2. The lowest BCUT2D eigenvalue weighted by Crippen LogP contribution is -2.23. The van der Waals surface area contributed by atoms with E-state index in [2.05, 4.69) is 21.0 Å². The van der Waals surface area contributed by atoms with Crippen molar-refractivity contribution in [2.75, 3.05) is 6.26 Å². The normalized spacial score (nSPS) is 11.8. The van der Waals surface area contributed by atoms with E-state index in [9.17, 15) is 9.59 Å². The number of halogens is 1. The molecule has 0 aliphatic rings. The number of hydrogen-bond donors (Lipinski definition) is 1. The molecule has 0 fully saturated rings. The van der Waals surface area contributed by atoms with Crippen molar-refractivity contribution in [3.8, 4) is 11.4 Å². The van der Waals surface area contributed by atoms with Crippen molar-refractivity contribution in [3.05, 3.63) is 70.5 Å². The number of ether oxygens (including phenoxy) is 1. The Labute approximate surface area is 174 Å². The molecule has 3 aromatic rings. The van der Waals surface area contributed by atoms with E-state index in [1.807, 2.05) is 30.5 Å². The van der Waals surface area contributed by atoms with Crippen molar-refractivity contribution >= 4 is 39.4 Å². The topological polar surface area (TPSA) is 81.4 Å². The van der Waals surface area contributed by atoms with Gasteiger partial charge in [0.1, 0.15) is 5.75 Å². The first-order chi connectivity index (χ1) is 13.4. The molecule has 0 saturated carbocycles. The summed E-state index contributed by atoms with van der Waals surface area (Å²) >= 11 is 4.94. The minimum absolute atomic E-state index is 0.209. The van der Waals surface area contributed by atoms with Crippen LogP contribution in [0.3, 0.4) is 0 Å². The van der Waals surface area contributed by atoms with Crippen molar-refractivity contribution in [2.24, 2.45) is 0 Å². The summed E-state index contributed by atoms with van der Waals surface area (Å²) in [4.78, 5) is 25.2. The lowest BCUT2D eigenvalue weighted by Gasteiger charge is -2.14. The molecule has 0 aliphatic carbocycles. The van der Waals surface area contributed by atoms with E-state index in [1.54, 1.807) is 40.8 Å². The molecule has 1 unspecified atom stereocenters. The zero-order chi connectivity index (χ0) is 20.3. The van der Waals surface area contributed by atoms with Crippen LogP contribution in [-0.4, -0.2) is 39.0 Å². The Bertz CT molecular complexity index is 1030. The molecule has 144 valence electrons. The monoisotopic (exact) mass is 460 g/mol. The predicted octanol–water partition coefficient (Wildman–Crippen LogP) is 4.44. The van der Waals surface area contributed by atoms with E-state index >= 15 is 0 Å². The van der Waals surface area contributed by atoms with Crippen molar-refractivity contribution < 1.29 is 19.4 Å². The van der Waals surface area contributed by atoms with Crippen LogP contribution in [0.2, 0.25) is 0 Å². The third-order valence-corrected chi connectivity index (χ3v) is 5.29. The minimum atomic E-state index is -1.11.